The van der Waals surface area contributed by atoms with Gasteiger partial charge in [-0.3, -0.25) is 15.0 Å². The van der Waals surface area contributed by atoms with Crippen LogP contribution >= 0.6 is 0 Å². The van der Waals surface area contributed by atoms with Crippen molar-refractivity contribution < 1.29 is 30.2 Å². The van der Waals surface area contributed by atoms with Crippen molar-refractivity contribution in [3.8, 4) is 67.9 Å². The van der Waals surface area contributed by atoms with Crippen LogP contribution in [0.5, 0.6) is 11.5 Å². The SMILES string of the molecule is Cc1cc2c(ccc3cc4c(cc32)oc2c(-c3nc5ccccc5n3-c3c(C(C)C)cc(-c5ccccc5)cc3C(C)C)[c-]c(Oc3[c-]c(-c5nc6ccccc6n5-c5c(C(C)C)cc(-c6ccccc6)cc5C(C)C)ccc3)cc24)c(C)n1.[Pt+2]. The average Bonchev–Trinajstić information content (AvgIpc) is 1.93. The summed E-state index contributed by atoms with van der Waals surface area (Å²) in [5.41, 5.74) is 20.7. The first-order valence-electron chi connectivity index (χ1n) is 29.5. The zero-order chi connectivity index (χ0) is 57.7. The molecular weight excluding hydrogens is 1220 g/mol. The predicted octanol–water partition coefficient (Wildman–Crippen LogP) is 21.1. The van der Waals surface area contributed by atoms with E-state index >= 15 is 0 Å². The Balaban J connectivity index is 0.00000672. The van der Waals surface area contributed by atoms with Crippen LogP contribution in [0, 0.1) is 26.0 Å². The van der Waals surface area contributed by atoms with Gasteiger partial charge in [0.2, 0.25) is 0 Å². The van der Waals surface area contributed by atoms with Gasteiger partial charge in [-0.1, -0.05) is 182 Å². The summed E-state index contributed by atoms with van der Waals surface area (Å²) in [6.07, 6.45) is 0. The summed E-state index contributed by atoms with van der Waals surface area (Å²) in [6, 6.07) is 74.6. The van der Waals surface area contributed by atoms with Crippen LogP contribution in [-0.2, 0) is 21.1 Å². The molecule has 7 nitrogen and oxygen atoms in total. The van der Waals surface area contributed by atoms with Gasteiger partial charge in [-0.25, -0.2) is 0 Å². The summed E-state index contributed by atoms with van der Waals surface area (Å²) >= 11 is 0. The van der Waals surface area contributed by atoms with Gasteiger partial charge in [0.25, 0.3) is 0 Å². The first-order valence-corrected chi connectivity index (χ1v) is 29.5. The largest absolute Gasteiger partial charge is 2.00 e. The second-order valence-electron chi connectivity index (χ2n) is 23.8. The minimum absolute atomic E-state index is 0. The van der Waals surface area contributed by atoms with Gasteiger partial charge in [0.05, 0.1) is 39.3 Å². The van der Waals surface area contributed by atoms with Crippen LogP contribution in [0.15, 0.2) is 192 Å². The second-order valence-corrected chi connectivity index (χ2v) is 23.8. The van der Waals surface area contributed by atoms with E-state index in [0.717, 1.165) is 94.1 Å². The van der Waals surface area contributed by atoms with Crippen LogP contribution in [0.4, 0.5) is 0 Å². The molecule has 0 spiro atoms. The van der Waals surface area contributed by atoms with Gasteiger partial charge in [0.15, 0.2) is 0 Å². The van der Waals surface area contributed by atoms with Crippen molar-refractivity contribution in [3.05, 3.63) is 234 Å². The number of aromatic nitrogens is 5. The first kappa shape index (κ1) is 55.3. The van der Waals surface area contributed by atoms with Gasteiger partial charge < -0.3 is 18.3 Å². The fourth-order valence-electron chi connectivity index (χ4n) is 12.7. The number of imidazole rings is 2. The monoisotopic (exact) mass is 1290 g/mol. The van der Waals surface area contributed by atoms with E-state index in [-0.39, 0.29) is 44.7 Å². The van der Waals surface area contributed by atoms with Crippen LogP contribution in [0.25, 0.3) is 122 Å². The predicted molar refractivity (Wildman–Crippen MR) is 348 cm³/mol. The molecule has 4 aromatic heterocycles. The Morgan fingerprint density at radius 2 is 0.953 bits per heavy atom. The molecule has 0 saturated carbocycles. The molecule has 0 fully saturated rings. The summed E-state index contributed by atoms with van der Waals surface area (Å²) < 4.78 is 19.2. The molecule has 0 bridgehead atoms. The number of pyridine rings is 1. The van der Waals surface area contributed by atoms with Crippen LogP contribution in [-0.4, -0.2) is 24.1 Å². The van der Waals surface area contributed by atoms with Crippen molar-refractivity contribution in [2.75, 3.05) is 0 Å². The number of fused-ring (bicyclic) bond motifs is 8. The van der Waals surface area contributed by atoms with Crippen molar-refractivity contribution in [1.82, 2.24) is 24.1 Å². The number of benzene rings is 10. The Morgan fingerprint density at radius 3 is 1.52 bits per heavy atom. The van der Waals surface area contributed by atoms with Crippen LogP contribution in [0.3, 0.4) is 0 Å². The summed E-state index contributed by atoms with van der Waals surface area (Å²) in [5, 5.41) is 6.34. The third-order valence-electron chi connectivity index (χ3n) is 16.8. The molecule has 85 heavy (non-hydrogen) atoms. The Kier molecular flexibility index (Phi) is 14.3. The van der Waals surface area contributed by atoms with Gasteiger partial charge in [0.1, 0.15) is 5.58 Å². The van der Waals surface area contributed by atoms with Gasteiger partial charge >= 0.3 is 21.1 Å². The number of ether oxygens (including phenoxy) is 1. The molecule has 0 unspecified atom stereocenters. The zero-order valence-electron chi connectivity index (χ0n) is 49.6. The molecule has 0 aliphatic carbocycles. The van der Waals surface area contributed by atoms with Crippen LogP contribution < -0.4 is 4.74 Å². The molecule has 0 N–H and O–H groups in total. The van der Waals surface area contributed by atoms with Gasteiger partial charge in [-0.2, -0.15) is 0 Å². The zero-order valence-corrected chi connectivity index (χ0v) is 51.8. The number of nitrogens with zero attached hydrogens (tertiary/aromatic N) is 5. The summed E-state index contributed by atoms with van der Waals surface area (Å²) in [7, 11) is 0. The molecule has 0 atom stereocenters. The maximum Gasteiger partial charge on any atom is 2.00 e. The van der Waals surface area contributed by atoms with E-state index in [9.17, 15) is 0 Å². The van der Waals surface area contributed by atoms with E-state index in [1.54, 1.807) is 0 Å². The topological polar surface area (TPSA) is 70.9 Å². The van der Waals surface area contributed by atoms with Gasteiger partial charge in [-0.15, -0.1) is 23.8 Å². The molecule has 0 aliphatic heterocycles. The fourth-order valence-corrected chi connectivity index (χ4v) is 12.7. The molecule has 14 aromatic rings. The third-order valence-corrected chi connectivity index (χ3v) is 16.8. The maximum absolute atomic E-state index is 7.25. The molecule has 4 heterocycles. The Bertz CT molecular complexity index is 4850. The van der Waals surface area contributed by atoms with Crippen molar-refractivity contribution in [2.45, 2.75) is 92.9 Å². The van der Waals surface area contributed by atoms with Gasteiger partial charge in [-0.05, 0) is 165 Å². The number of hydrogen-bond donors (Lipinski definition) is 0. The van der Waals surface area contributed by atoms with Crippen molar-refractivity contribution in [1.29, 1.82) is 0 Å². The fraction of sp³-hybridized carbons (Fsp3) is 0.182. The van der Waals surface area contributed by atoms with Crippen molar-refractivity contribution >= 4 is 65.6 Å². The molecule has 10 aromatic carbocycles. The molecule has 420 valence electrons. The van der Waals surface area contributed by atoms with Crippen LogP contribution in [0.2, 0.25) is 0 Å². The minimum Gasteiger partial charge on any atom is -0.501 e. The summed E-state index contributed by atoms with van der Waals surface area (Å²) in [5.74, 6) is 3.29. The van der Waals surface area contributed by atoms with E-state index in [4.69, 9.17) is 24.1 Å². The second kappa shape index (κ2) is 21.9. The van der Waals surface area contributed by atoms with Gasteiger partial charge in [0, 0.05) is 45.0 Å². The quantitative estimate of drug-likeness (QED) is 0.0900. The summed E-state index contributed by atoms with van der Waals surface area (Å²) in [6.45, 7) is 22.4. The molecule has 0 aliphatic rings. The smallest absolute Gasteiger partial charge is 0.501 e. The molecule has 8 heteroatoms. The molecular formula is C77H65N5O2Pt. The summed E-state index contributed by atoms with van der Waals surface area (Å²) in [4.78, 5) is 15.8. The Labute approximate surface area is 511 Å². The number of aryl methyl sites for hydroxylation is 2. The molecule has 14 rings (SSSR count). The molecule has 0 radical (unpaired) electrons. The van der Waals surface area contributed by atoms with Crippen molar-refractivity contribution in [3.63, 3.8) is 0 Å². The number of para-hydroxylation sites is 4. The minimum atomic E-state index is 0. The maximum atomic E-state index is 7.25. The Hall–Kier alpha value is -8.90. The van der Waals surface area contributed by atoms with Crippen molar-refractivity contribution in [2.24, 2.45) is 0 Å². The van der Waals surface area contributed by atoms with E-state index < -0.39 is 0 Å². The number of furan rings is 1. The first-order chi connectivity index (χ1) is 40.8. The average molecular weight is 1290 g/mol. The molecule has 0 amide bonds. The van der Waals surface area contributed by atoms with E-state index in [1.165, 1.54) is 44.5 Å². The Morgan fingerprint density at radius 1 is 0.424 bits per heavy atom. The van der Waals surface area contributed by atoms with E-state index in [2.05, 4.69) is 266 Å². The van der Waals surface area contributed by atoms with Crippen LogP contribution in [0.1, 0.15) is 113 Å². The van der Waals surface area contributed by atoms with E-state index in [0.29, 0.717) is 28.5 Å². The number of hydrogen-bond acceptors (Lipinski definition) is 5. The molecule has 0 saturated heterocycles. The standard InChI is InChI=1S/C77H65N5O2.Pt/c1-44(2)59-37-54(50-22-13-11-14-23-50)38-60(45(3)4)73(59)81-70-30-19-17-28-68(70)79-76(81)53-26-21-27-56(35-53)83-57-41-66-65-36-52-32-33-58-49(10)78-48(9)34-64(58)63(52)43-72(65)84-75(66)67(42-57)77-80-69-29-18-20-31-71(69)82(77)74-61(46(5)6)39-55(40-62(74)47(7)8)51-24-15-12-16-25-51;/h11-34,36-41,43-47H,1-10H3;/q-2;+2. The normalized spacial score (nSPS) is 12.0. The third kappa shape index (κ3) is 9.63. The van der Waals surface area contributed by atoms with E-state index in [1.807, 2.05) is 12.1 Å². The number of rotatable bonds is 12.